The van der Waals surface area contributed by atoms with Crippen LogP contribution in [0.25, 0.3) is 0 Å². The molecule has 1 amide bonds. The first kappa shape index (κ1) is 18.1. The van der Waals surface area contributed by atoms with E-state index >= 15 is 0 Å². The third-order valence-electron chi connectivity index (χ3n) is 3.21. The molecule has 0 unspecified atom stereocenters. The molecular weight excluding hydrogens is 331 g/mol. The summed E-state index contributed by atoms with van der Waals surface area (Å²) in [6, 6.07) is 9.41. The molecule has 0 aliphatic carbocycles. The number of nitro groups is 1. The van der Waals surface area contributed by atoms with E-state index in [-0.39, 0.29) is 25.4 Å². The number of hydrogen-bond acceptors (Lipinski definition) is 6. The highest BCUT2D eigenvalue weighted by atomic mass is 19.1. The fourth-order valence-corrected chi connectivity index (χ4v) is 2.05. The first-order chi connectivity index (χ1) is 12.0. The second-order valence-corrected chi connectivity index (χ2v) is 5.05. The quantitative estimate of drug-likeness (QED) is 0.429. The van der Waals surface area contributed by atoms with Crippen LogP contribution in [0, 0.1) is 15.9 Å². The number of carbonyl (C=O) groups excluding carboxylic acids is 1. The number of nitro benzene ring substituents is 1. The van der Waals surface area contributed by atoms with Crippen molar-refractivity contribution in [3.05, 3.63) is 58.4 Å². The van der Waals surface area contributed by atoms with E-state index in [9.17, 15) is 19.3 Å². The van der Waals surface area contributed by atoms with E-state index in [0.29, 0.717) is 17.1 Å². The van der Waals surface area contributed by atoms with Gasteiger partial charge in [-0.25, -0.2) is 4.39 Å². The number of carbonyl (C=O) groups is 1. The average molecular weight is 348 g/mol. The number of nitrogens with zero attached hydrogens (tertiary/aromatic N) is 1. The van der Waals surface area contributed by atoms with Crippen LogP contribution in [-0.4, -0.2) is 35.6 Å². The van der Waals surface area contributed by atoms with E-state index in [1.807, 2.05) is 0 Å². The third kappa shape index (κ3) is 5.43. The van der Waals surface area contributed by atoms with Gasteiger partial charge in [0, 0.05) is 24.4 Å². The minimum absolute atomic E-state index is 0.110. The zero-order chi connectivity index (χ0) is 18.2. The van der Waals surface area contributed by atoms with Gasteiger partial charge in [-0.05, 0) is 30.3 Å². The molecule has 0 saturated heterocycles. The summed E-state index contributed by atoms with van der Waals surface area (Å²) in [6.07, 6.45) is 0. The Bertz CT molecular complexity index is 752. The predicted molar refractivity (Wildman–Crippen MR) is 92.2 cm³/mol. The molecule has 0 bridgehead atoms. The highest BCUT2D eigenvalue weighted by Gasteiger charge is 2.12. The van der Waals surface area contributed by atoms with Crippen LogP contribution in [0.3, 0.4) is 0 Å². The summed E-state index contributed by atoms with van der Waals surface area (Å²) in [6.45, 7) is 0.00208. The summed E-state index contributed by atoms with van der Waals surface area (Å²) >= 11 is 0. The van der Waals surface area contributed by atoms with Gasteiger partial charge in [0.05, 0.1) is 29.4 Å². The smallest absolute Gasteiger partial charge is 0.271 e. The molecule has 2 rings (SSSR count). The summed E-state index contributed by atoms with van der Waals surface area (Å²) in [5.41, 5.74) is 1.19. The maximum atomic E-state index is 12.8. The maximum Gasteiger partial charge on any atom is 0.271 e. The summed E-state index contributed by atoms with van der Waals surface area (Å²) in [4.78, 5) is 22.3. The van der Waals surface area contributed by atoms with Gasteiger partial charge in [0.2, 0.25) is 5.91 Å². The second kappa shape index (κ2) is 8.60. The van der Waals surface area contributed by atoms with Crippen molar-refractivity contribution < 1.29 is 19.2 Å². The van der Waals surface area contributed by atoms with Gasteiger partial charge in [-0.1, -0.05) is 0 Å². The minimum Gasteiger partial charge on any atom is -0.395 e. The van der Waals surface area contributed by atoms with E-state index in [4.69, 9.17) is 5.11 Å². The van der Waals surface area contributed by atoms with Crippen molar-refractivity contribution in [1.29, 1.82) is 0 Å². The Morgan fingerprint density at radius 2 is 1.84 bits per heavy atom. The van der Waals surface area contributed by atoms with E-state index in [1.165, 1.54) is 42.5 Å². The molecule has 0 radical (unpaired) electrons. The van der Waals surface area contributed by atoms with Gasteiger partial charge < -0.3 is 21.1 Å². The standard InChI is InChI=1S/C16H17FN4O4/c17-11-1-3-12(4-2-11)20-16(23)10-19-15-9-13(21(24)25)5-6-14(15)18-7-8-22/h1-6,9,18-19,22H,7-8,10H2,(H,20,23). The lowest BCUT2D eigenvalue weighted by molar-refractivity contribution is -0.384. The van der Waals surface area contributed by atoms with Crippen molar-refractivity contribution >= 4 is 28.7 Å². The first-order valence-corrected chi connectivity index (χ1v) is 7.42. The zero-order valence-corrected chi connectivity index (χ0v) is 13.2. The lowest BCUT2D eigenvalue weighted by atomic mass is 10.2. The topological polar surface area (TPSA) is 117 Å². The molecule has 0 spiro atoms. The summed E-state index contributed by atoms with van der Waals surface area (Å²) in [5.74, 6) is -0.807. The van der Waals surface area contributed by atoms with Gasteiger partial charge in [0.1, 0.15) is 5.82 Å². The van der Waals surface area contributed by atoms with Gasteiger partial charge in [-0.2, -0.15) is 0 Å². The number of hydrogen-bond donors (Lipinski definition) is 4. The molecule has 25 heavy (non-hydrogen) atoms. The van der Waals surface area contributed by atoms with E-state index in [1.54, 1.807) is 0 Å². The van der Waals surface area contributed by atoms with Crippen LogP contribution in [-0.2, 0) is 4.79 Å². The molecule has 0 heterocycles. The number of aliphatic hydroxyl groups excluding tert-OH is 1. The number of aliphatic hydroxyl groups is 1. The van der Waals surface area contributed by atoms with E-state index in [2.05, 4.69) is 16.0 Å². The molecule has 8 nitrogen and oxygen atoms in total. The van der Waals surface area contributed by atoms with E-state index in [0.717, 1.165) is 0 Å². The van der Waals surface area contributed by atoms with Gasteiger partial charge in [0.15, 0.2) is 0 Å². The fraction of sp³-hybridized carbons (Fsp3) is 0.188. The van der Waals surface area contributed by atoms with Crippen molar-refractivity contribution in [3.63, 3.8) is 0 Å². The molecule has 0 aromatic heterocycles. The highest BCUT2D eigenvalue weighted by molar-refractivity contribution is 5.94. The van der Waals surface area contributed by atoms with Crippen LogP contribution in [0.1, 0.15) is 0 Å². The number of rotatable bonds is 8. The molecule has 0 aliphatic rings. The molecule has 0 saturated carbocycles. The lowest BCUT2D eigenvalue weighted by Crippen LogP contribution is -2.22. The molecule has 0 fully saturated rings. The molecule has 9 heteroatoms. The predicted octanol–water partition coefficient (Wildman–Crippen LogP) is 2.19. The largest absolute Gasteiger partial charge is 0.395 e. The number of nitrogens with one attached hydrogen (secondary N) is 3. The number of anilines is 3. The Kier molecular flexibility index (Phi) is 6.24. The van der Waals surface area contributed by atoms with Gasteiger partial charge in [0.25, 0.3) is 5.69 Å². The van der Waals surface area contributed by atoms with Crippen LogP contribution in [0.5, 0.6) is 0 Å². The van der Waals surface area contributed by atoms with E-state index < -0.39 is 16.6 Å². The Labute approximate surface area is 142 Å². The Morgan fingerprint density at radius 3 is 2.48 bits per heavy atom. The first-order valence-electron chi connectivity index (χ1n) is 7.42. The lowest BCUT2D eigenvalue weighted by Gasteiger charge is -2.13. The SMILES string of the molecule is O=C(CNc1cc([N+](=O)[O-])ccc1NCCO)Nc1ccc(F)cc1. The van der Waals surface area contributed by atoms with Gasteiger partial charge in [-0.15, -0.1) is 0 Å². The molecule has 0 atom stereocenters. The molecule has 132 valence electrons. The third-order valence-corrected chi connectivity index (χ3v) is 3.21. The van der Waals surface area contributed by atoms with Crippen LogP contribution in [0.4, 0.5) is 27.1 Å². The number of amides is 1. The number of benzene rings is 2. The average Bonchev–Trinajstić information content (AvgIpc) is 2.60. The summed E-state index contributed by atoms with van der Waals surface area (Å²) < 4.78 is 12.8. The van der Waals surface area contributed by atoms with Crippen LogP contribution in [0.2, 0.25) is 0 Å². The monoisotopic (exact) mass is 348 g/mol. The van der Waals surface area contributed by atoms with Gasteiger partial charge >= 0.3 is 0 Å². The summed E-state index contributed by atoms with van der Waals surface area (Å²) in [7, 11) is 0. The molecule has 4 N–H and O–H groups in total. The molecular formula is C16H17FN4O4. The molecule has 2 aromatic rings. The number of non-ortho nitro benzene ring substituents is 1. The second-order valence-electron chi connectivity index (χ2n) is 5.05. The van der Waals surface area contributed by atoms with Crippen molar-refractivity contribution in [1.82, 2.24) is 0 Å². The van der Waals surface area contributed by atoms with Crippen molar-refractivity contribution in [3.8, 4) is 0 Å². The molecule has 0 aliphatic heterocycles. The Morgan fingerprint density at radius 1 is 1.12 bits per heavy atom. The maximum absolute atomic E-state index is 12.8. The fourth-order valence-electron chi connectivity index (χ4n) is 2.05. The van der Waals surface area contributed by atoms with Crippen LogP contribution < -0.4 is 16.0 Å². The normalized spacial score (nSPS) is 10.2. The van der Waals surface area contributed by atoms with Crippen LogP contribution in [0.15, 0.2) is 42.5 Å². The summed E-state index contributed by atoms with van der Waals surface area (Å²) in [5, 5.41) is 28.1. The van der Waals surface area contributed by atoms with Crippen molar-refractivity contribution in [2.75, 3.05) is 35.6 Å². The Hall–Kier alpha value is -3.20. The highest BCUT2D eigenvalue weighted by Crippen LogP contribution is 2.26. The Balaban J connectivity index is 2.04. The van der Waals surface area contributed by atoms with Crippen molar-refractivity contribution in [2.45, 2.75) is 0 Å². The molecule has 2 aromatic carbocycles. The van der Waals surface area contributed by atoms with Gasteiger partial charge in [-0.3, -0.25) is 14.9 Å². The zero-order valence-electron chi connectivity index (χ0n) is 13.2. The number of halogens is 1. The minimum atomic E-state index is -0.542. The van der Waals surface area contributed by atoms with Crippen molar-refractivity contribution in [2.24, 2.45) is 0 Å². The van der Waals surface area contributed by atoms with Crippen LogP contribution >= 0.6 is 0 Å².